The van der Waals surface area contributed by atoms with Gasteiger partial charge in [-0.2, -0.15) is 0 Å². The Morgan fingerprint density at radius 3 is 1.07 bits per heavy atom. The molecule has 0 bridgehead atoms. The predicted molar refractivity (Wildman–Crippen MR) is 107 cm³/mol. The van der Waals surface area contributed by atoms with Gasteiger partial charge in [0.15, 0.2) is 0 Å². The van der Waals surface area contributed by atoms with Crippen LogP contribution in [0.2, 0.25) is 0 Å². The molecule has 0 amide bonds. The Kier molecular flexibility index (Phi) is 24.6. The predicted octanol–water partition coefficient (Wildman–Crippen LogP) is -0.0746. The van der Waals surface area contributed by atoms with Crippen LogP contribution in [0, 0.1) is 12.3 Å². The largest absolute Gasteiger partial charge is 0.454 e. The van der Waals surface area contributed by atoms with Crippen LogP contribution in [0.5, 0.6) is 0 Å². The van der Waals surface area contributed by atoms with E-state index in [0.717, 1.165) is 0 Å². The summed E-state index contributed by atoms with van der Waals surface area (Å²) in [6, 6.07) is 0. The fraction of sp³-hybridized carbons (Fsp3) is 0.850. The molecule has 0 fully saturated rings. The molecule has 0 atom stereocenters. The van der Waals surface area contributed by atoms with Crippen molar-refractivity contribution in [3.63, 3.8) is 0 Å². The van der Waals surface area contributed by atoms with Gasteiger partial charge in [0.2, 0.25) is 0 Å². The van der Waals surface area contributed by atoms with Crippen molar-refractivity contribution in [2.24, 2.45) is 0 Å². The summed E-state index contributed by atoms with van der Waals surface area (Å²) in [6.45, 7) is 7.54. The van der Waals surface area contributed by atoms with E-state index in [2.05, 4.69) is 4.74 Å². The number of esters is 1. The van der Waals surface area contributed by atoms with Crippen LogP contribution >= 0.6 is 0 Å². The Balaban J connectivity index is 3.02. The molecule has 0 saturated heterocycles. The molecule has 0 aromatic carbocycles. The van der Waals surface area contributed by atoms with Crippen molar-refractivity contribution in [3.8, 4) is 12.3 Å². The molecule has 0 radical (unpaired) electrons. The van der Waals surface area contributed by atoms with Crippen LogP contribution in [0.15, 0.2) is 0 Å². The molecule has 0 unspecified atom stereocenters. The first kappa shape index (κ1) is 28.7. The van der Waals surface area contributed by atoms with Crippen LogP contribution in [0.3, 0.4) is 0 Å². The van der Waals surface area contributed by atoms with Crippen LogP contribution in [-0.4, -0.2) is 119 Å². The molecule has 0 spiro atoms. The zero-order valence-corrected chi connectivity index (χ0v) is 18.0. The summed E-state index contributed by atoms with van der Waals surface area (Å²) < 4.78 is 46.8. The molecule has 0 aliphatic heterocycles. The van der Waals surface area contributed by atoms with E-state index in [0.29, 0.717) is 92.5 Å². The van der Waals surface area contributed by atoms with E-state index in [-0.39, 0.29) is 13.2 Å². The number of hydrogen-bond acceptors (Lipinski definition) is 10. The first-order chi connectivity index (χ1) is 14.8. The molecule has 176 valence electrons. The average molecular weight is 436 g/mol. The zero-order valence-electron chi connectivity index (χ0n) is 18.0. The molecule has 0 aliphatic rings. The third-order valence-corrected chi connectivity index (χ3v) is 3.24. The van der Waals surface area contributed by atoms with E-state index in [9.17, 15) is 4.79 Å². The van der Waals surface area contributed by atoms with Crippen LogP contribution in [-0.2, 0) is 47.4 Å². The van der Waals surface area contributed by atoms with Crippen LogP contribution in [0.25, 0.3) is 0 Å². The van der Waals surface area contributed by atoms with Crippen molar-refractivity contribution in [1.82, 2.24) is 0 Å². The van der Waals surface area contributed by atoms with Crippen molar-refractivity contribution in [3.05, 3.63) is 0 Å². The number of carbonyl (C=O) groups excluding carboxylic acids is 1. The summed E-state index contributed by atoms with van der Waals surface area (Å²) in [5.41, 5.74) is 0. The van der Waals surface area contributed by atoms with Gasteiger partial charge in [-0.3, -0.25) is 0 Å². The van der Waals surface area contributed by atoms with Crippen molar-refractivity contribution in [2.45, 2.75) is 0 Å². The molecule has 0 aromatic heterocycles. The van der Waals surface area contributed by atoms with Crippen molar-refractivity contribution in [1.29, 1.82) is 0 Å². The van der Waals surface area contributed by atoms with Gasteiger partial charge in [-0.1, -0.05) is 0 Å². The molecular formula is C20H36O10. The number of carbonyl (C=O) groups is 1. The Labute approximate surface area is 179 Å². The molecule has 0 heterocycles. The highest BCUT2D eigenvalue weighted by molar-refractivity contribution is 5.87. The first-order valence-corrected chi connectivity index (χ1v) is 9.97. The highest BCUT2D eigenvalue weighted by Crippen LogP contribution is 1.86. The maximum absolute atomic E-state index is 10.7. The minimum Gasteiger partial charge on any atom is -0.454 e. The second-order valence-electron chi connectivity index (χ2n) is 5.56. The number of hydrogen-bond donors (Lipinski definition) is 0. The molecule has 10 heteroatoms. The van der Waals surface area contributed by atoms with Crippen molar-refractivity contribution in [2.75, 3.05) is 113 Å². The lowest BCUT2D eigenvalue weighted by Gasteiger charge is -2.08. The quantitative estimate of drug-likeness (QED) is 0.0884. The lowest BCUT2D eigenvalue weighted by atomic mass is 10.6. The second kappa shape index (κ2) is 25.7. The van der Waals surface area contributed by atoms with Gasteiger partial charge in [0.1, 0.15) is 6.61 Å². The third-order valence-electron chi connectivity index (χ3n) is 3.24. The van der Waals surface area contributed by atoms with Gasteiger partial charge >= 0.3 is 5.97 Å². The summed E-state index contributed by atoms with van der Waals surface area (Å²) in [5, 5.41) is 0. The van der Waals surface area contributed by atoms with Crippen molar-refractivity contribution >= 4 is 5.97 Å². The second-order valence-corrected chi connectivity index (χ2v) is 5.56. The SMILES string of the molecule is C#CC(=O)OCCOCCOCCOCCOCCOCCOCCOCCOC. The van der Waals surface area contributed by atoms with Gasteiger partial charge in [-0.05, 0) is 0 Å². The molecule has 0 rings (SSSR count). The minimum absolute atomic E-state index is 0.135. The zero-order chi connectivity index (χ0) is 22.0. The molecule has 0 aliphatic carbocycles. The third kappa shape index (κ3) is 24.7. The van der Waals surface area contributed by atoms with Gasteiger partial charge in [0.05, 0.1) is 99.1 Å². The minimum atomic E-state index is -0.690. The highest BCUT2D eigenvalue weighted by atomic mass is 16.6. The Hall–Kier alpha value is -1.29. The normalized spacial score (nSPS) is 10.8. The fourth-order valence-electron chi connectivity index (χ4n) is 1.80. The van der Waals surface area contributed by atoms with E-state index < -0.39 is 5.97 Å². The maximum Gasteiger partial charge on any atom is 0.384 e. The van der Waals surface area contributed by atoms with Gasteiger partial charge in [-0.25, -0.2) is 4.79 Å². The summed E-state index contributed by atoms with van der Waals surface area (Å²) in [5.74, 6) is 1.16. The maximum atomic E-state index is 10.7. The average Bonchev–Trinajstić information content (AvgIpc) is 2.76. The molecule has 10 nitrogen and oxygen atoms in total. The van der Waals surface area contributed by atoms with Crippen LogP contribution < -0.4 is 0 Å². The van der Waals surface area contributed by atoms with Gasteiger partial charge in [0.25, 0.3) is 0 Å². The molecule has 0 saturated carbocycles. The van der Waals surface area contributed by atoms with Gasteiger partial charge < -0.3 is 42.6 Å². The summed E-state index contributed by atoms with van der Waals surface area (Å²) in [7, 11) is 1.64. The molecular weight excluding hydrogens is 400 g/mol. The lowest BCUT2D eigenvalue weighted by Crippen LogP contribution is -2.15. The smallest absolute Gasteiger partial charge is 0.384 e. The number of methoxy groups -OCH3 is 1. The first-order valence-electron chi connectivity index (χ1n) is 9.97. The van der Waals surface area contributed by atoms with E-state index in [1.54, 1.807) is 7.11 Å². The van der Waals surface area contributed by atoms with E-state index in [1.807, 2.05) is 5.92 Å². The van der Waals surface area contributed by atoms with E-state index in [4.69, 9.17) is 44.3 Å². The summed E-state index contributed by atoms with van der Waals surface area (Å²) in [4.78, 5) is 10.7. The van der Waals surface area contributed by atoms with Crippen LogP contribution in [0.1, 0.15) is 0 Å². The summed E-state index contributed by atoms with van der Waals surface area (Å²) in [6.07, 6.45) is 4.85. The van der Waals surface area contributed by atoms with E-state index >= 15 is 0 Å². The number of terminal acetylenes is 1. The highest BCUT2D eigenvalue weighted by Gasteiger charge is 1.96. The van der Waals surface area contributed by atoms with Gasteiger partial charge in [0, 0.05) is 13.0 Å². The molecule has 30 heavy (non-hydrogen) atoms. The summed E-state index contributed by atoms with van der Waals surface area (Å²) >= 11 is 0. The lowest BCUT2D eigenvalue weighted by molar-refractivity contribution is -0.138. The Bertz CT molecular complexity index is 400. The molecule has 0 N–H and O–H groups in total. The van der Waals surface area contributed by atoms with Gasteiger partial charge in [-0.15, -0.1) is 6.42 Å². The van der Waals surface area contributed by atoms with Crippen LogP contribution in [0.4, 0.5) is 0 Å². The Morgan fingerprint density at radius 2 is 0.800 bits per heavy atom. The topological polar surface area (TPSA) is 100 Å². The molecule has 0 aromatic rings. The Morgan fingerprint density at radius 1 is 0.533 bits per heavy atom. The standard InChI is InChI=1S/C20H36O10/c1-3-20(21)30-19-18-29-17-16-28-15-14-27-13-12-26-11-10-25-9-8-24-7-6-23-5-4-22-2/h1H,4-19H2,2H3. The monoisotopic (exact) mass is 436 g/mol. The fourth-order valence-corrected chi connectivity index (χ4v) is 1.80. The number of rotatable bonds is 24. The van der Waals surface area contributed by atoms with Crippen molar-refractivity contribution < 1.29 is 47.4 Å². The van der Waals surface area contributed by atoms with E-state index in [1.165, 1.54) is 0 Å². The number of ether oxygens (including phenoxy) is 9.